The molecule has 0 atom stereocenters. The summed E-state index contributed by atoms with van der Waals surface area (Å²) in [7, 11) is 1.60. The van der Waals surface area contributed by atoms with Gasteiger partial charge in [0.25, 0.3) is 0 Å². The van der Waals surface area contributed by atoms with Crippen LogP contribution in [0.4, 0.5) is 0 Å². The fourth-order valence-corrected chi connectivity index (χ4v) is 3.31. The molecule has 10 heteroatoms. The van der Waals surface area contributed by atoms with E-state index in [-0.39, 0.29) is 24.1 Å². The number of aromatic nitrogens is 4. The number of ether oxygens (including phenoxy) is 1. The van der Waals surface area contributed by atoms with E-state index in [0.29, 0.717) is 5.16 Å². The molecule has 2 aromatic rings. The van der Waals surface area contributed by atoms with Crippen LogP contribution in [0.25, 0.3) is 5.69 Å². The Bertz CT molecular complexity index is 758. The molecule has 1 aliphatic heterocycles. The quantitative estimate of drug-likeness (QED) is 0.702. The summed E-state index contributed by atoms with van der Waals surface area (Å²) in [6.07, 6.45) is 2.06. The maximum absolute atomic E-state index is 12.0. The first-order valence-corrected chi connectivity index (χ1v) is 9.26. The number of hydrogen-bond acceptors (Lipinski definition) is 7. The molecule has 0 unspecified atom stereocenters. The zero-order valence-electron chi connectivity index (χ0n) is 14.4. The van der Waals surface area contributed by atoms with Crippen LogP contribution < -0.4 is 10.1 Å². The standard InChI is InChI=1S/C16H20N6O3S/c1-25-13-6-4-12(5-7-13)22-16(18-19-20-22)26-11-14(23)17-10-15(24)21-8-2-3-9-21/h4-7H,2-3,8-11H2,1H3,(H,17,23). The second-order valence-electron chi connectivity index (χ2n) is 5.72. The van der Waals surface area contributed by atoms with Crippen LogP contribution in [-0.2, 0) is 9.59 Å². The molecular formula is C16H20N6O3S. The highest BCUT2D eigenvalue weighted by Gasteiger charge is 2.18. The zero-order valence-corrected chi connectivity index (χ0v) is 15.2. The van der Waals surface area contributed by atoms with Gasteiger partial charge in [-0.3, -0.25) is 9.59 Å². The third-order valence-corrected chi connectivity index (χ3v) is 4.91. The largest absolute Gasteiger partial charge is 0.497 e. The molecule has 1 aromatic carbocycles. The molecule has 0 radical (unpaired) electrons. The summed E-state index contributed by atoms with van der Waals surface area (Å²) in [6, 6.07) is 7.27. The lowest BCUT2D eigenvalue weighted by Crippen LogP contribution is -2.39. The molecule has 2 amide bonds. The van der Waals surface area contributed by atoms with Crippen molar-refractivity contribution in [2.24, 2.45) is 0 Å². The van der Waals surface area contributed by atoms with E-state index in [1.807, 2.05) is 24.3 Å². The van der Waals surface area contributed by atoms with Gasteiger partial charge in [0.05, 0.1) is 25.1 Å². The Labute approximate surface area is 155 Å². The number of nitrogens with zero attached hydrogens (tertiary/aromatic N) is 5. The molecule has 26 heavy (non-hydrogen) atoms. The Hall–Kier alpha value is -2.62. The Morgan fingerprint density at radius 3 is 2.65 bits per heavy atom. The minimum Gasteiger partial charge on any atom is -0.497 e. The minimum absolute atomic E-state index is 0.0306. The summed E-state index contributed by atoms with van der Waals surface area (Å²) in [5.74, 6) is 0.595. The average molecular weight is 376 g/mol. The van der Waals surface area contributed by atoms with E-state index >= 15 is 0 Å². The van der Waals surface area contributed by atoms with Gasteiger partial charge in [0, 0.05) is 13.1 Å². The van der Waals surface area contributed by atoms with Crippen molar-refractivity contribution in [3.8, 4) is 11.4 Å². The zero-order chi connectivity index (χ0) is 18.4. The van der Waals surface area contributed by atoms with Gasteiger partial charge in [-0.25, -0.2) is 0 Å². The van der Waals surface area contributed by atoms with Crippen LogP contribution >= 0.6 is 11.8 Å². The van der Waals surface area contributed by atoms with Gasteiger partial charge in [-0.15, -0.1) is 5.10 Å². The second-order valence-corrected chi connectivity index (χ2v) is 6.67. The van der Waals surface area contributed by atoms with Crippen molar-refractivity contribution < 1.29 is 14.3 Å². The third-order valence-electron chi connectivity index (χ3n) is 3.99. The lowest BCUT2D eigenvalue weighted by molar-refractivity contribution is -0.131. The summed E-state index contributed by atoms with van der Waals surface area (Å²) >= 11 is 1.21. The van der Waals surface area contributed by atoms with E-state index in [2.05, 4.69) is 20.8 Å². The van der Waals surface area contributed by atoms with Gasteiger partial charge in [-0.05, 0) is 47.5 Å². The average Bonchev–Trinajstić information content (AvgIpc) is 3.36. The number of nitrogens with one attached hydrogen (secondary N) is 1. The number of carbonyl (C=O) groups excluding carboxylic acids is 2. The number of benzene rings is 1. The maximum Gasteiger partial charge on any atom is 0.241 e. The smallest absolute Gasteiger partial charge is 0.241 e. The number of tetrazole rings is 1. The highest BCUT2D eigenvalue weighted by Crippen LogP contribution is 2.20. The van der Waals surface area contributed by atoms with Crippen molar-refractivity contribution in [3.63, 3.8) is 0 Å². The topological polar surface area (TPSA) is 102 Å². The molecule has 1 N–H and O–H groups in total. The highest BCUT2D eigenvalue weighted by atomic mass is 32.2. The summed E-state index contributed by atoms with van der Waals surface area (Å²) in [5.41, 5.74) is 0.767. The first-order chi connectivity index (χ1) is 12.7. The van der Waals surface area contributed by atoms with E-state index in [1.165, 1.54) is 11.8 Å². The Balaban J connectivity index is 1.50. The van der Waals surface area contributed by atoms with Crippen molar-refractivity contribution in [1.82, 2.24) is 30.4 Å². The number of amides is 2. The van der Waals surface area contributed by atoms with Crippen molar-refractivity contribution >= 4 is 23.6 Å². The molecule has 9 nitrogen and oxygen atoms in total. The Morgan fingerprint density at radius 1 is 1.23 bits per heavy atom. The van der Waals surface area contributed by atoms with Gasteiger partial charge in [0.1, 0.15) is 5.75 Å². The van der Waals surface area contributed by atoms with E-state index < -0.39 is 0 Å². The number of hydrogen-bond donors (Lipinski definition) is 1. The summed E-state index contributed by atoms with van der Waals surface area (Å²) in [4.78, 5) is 25.7. The summed E-state index contributed by atoms with van der Waals surface area (Å²) < 4.78 is 6.68. The molecule has 1 fully saturated rings. The minimum atomic E-state index is -0.230. The van der Waals surface area contributed by atoms with Crippen LogP contribution in [0.3, 0.4) is 0 Å². The molecular weight excluding hydrogens is 356 g/mol. The monoisotopic (exact) mass is 376 g/mol. The van der Waals surface area contributed by atoms with Crippen LogP contribution in [0.5, 0.6) is 5.75 Å². The van der Waals surface area contributed by atoms with Gasteiger partial charge in [0.15, 0.2) is 0 Å². The van der Waals surface area contributed by atoms with E-state index in [9.17, 15) is 9.59 Å². The van der Waals surface area contributed by atoms with Gasteiger partial charge in [0.2, 0.25) is 17.0 Å². The molecule has 0 bridgehead atoms. The Morgan fingerprint density at radius 2 is 1.96 bits per heavy atom. The third kappa shape index (κ3) is 4.51. The van der Waals surface area contributed by atoms with Crippen molar-refractivity contribution in [2.45, 2.75) is 18.0 Å². The summed E-state index contributed by atoms with van der Waals surface area (Å²) in [6.45, 7) is 1.59. The molecule has 1 aromatic heterocycles. The predicted molar refractivity (Wildman–Crippen MR) is 95.3 cm³/mol. The fraction of sp³-hybridized carbons (Fsp3) is 0.438. The molecule has 0 aliphatic carbocycles. The van der Waals surface area contributed by atoms with E-state index in [0.717, 1.165) is 37.4 Å². The number of likely N-dealkylation sites (tertiary alicyclic amines) is 1. The molecule has 3 rings (SSSR count). The predicted octanol–water partition coefficient (Wildman–Crippen LogP) is 0.502. The number of thioether (sulfide) groups is 1. The maximum atomic E-state index is 12.0. The number of rotatable bonds is 7. The van der Waals surface area contributed by atoms with Gasteiger partial charge in [-0.1, -0.05) is 11.8 Å². The van der Waals surface area contributed by atoms with Gasteiger partial charge < -0.3 is 15.0 Å². The molecule has 138 valence electrons. The highest BCUT2D eigenvalue weighted by molar-refractivity contribution is 7.99. The van der Waals surface area contributed by atoms with Gasteiger partial charge >= 0.3 is 0 Å². The molecule has 1 aliphatic rings. The molecule has 1 saturated heterocycles. The van der Waals surface area contributed by atoms with Crippen molar-refractivity contribution in [1.29, 1.82) is 0 Å². The normalized spacial score (nSPS) is 13.7. The van der Waals surface area contributed by atoms with Crippen molar-refractivity contribution in [3.05, 3.63) is 24.3 Å². The fourth-order valence-electron chi connectivity index (χ4n) is 2.59. The first-order valence-electron chi connectivity index (χ1n) is 8.27. The van der Waals surface area contributed by atoms with Gasteiger partial charge in [-0.2, -0.15) is 4.68 Å². The van der Waals surface area contributed by atoms with E-state index in [1.54, 1.807) is 16.7 Å². The molecule has 0 saturated carbocycles. The van der Waals surface area contributed by atoms with Crippen LogP contribution in [0.2, 0.25) is 0 Å². The molecule has 2 heterocycles. The number of methoxy groups -OCH3 is 1. The van der Waals surface area contributed by atoms with Crippen molar-refractivity contribution in [2.75, 3.05) is 32.5 Å². The lowest BCUT2D eigenvalue weighted by Gasteiger charge is -2.15. The van der Waals surface area contributed by atoms with Crippen LogP contribution in [0, 0.1) is 0 Å². The van der Waals surface area contributed by atoms with Crippen LogP contribution in [-0.4, -0.2) is 69.4 Å². The SMILES string of the molecule is COc1ccc(-n2nnnc2SCC(=O)NCC(=O)N2CCCC2)cc1. The Kier molecular flexibility index (Phi) is 6.05. The van der Waals surface area contributed by atoms with E-state index in [4.69, 9.17) is 4.74 Å². The number of carbonyl (C=O) groups is 2. The van der Waals surface area contributed by atoms with Crippen LogP contribution in [0.15, 0.2) is 29.4 Å². The second kappa shape index (κ2) is 8.65. The lowest BCUT2D eigenvalue weighted by atomic mass is 10.3. The molecule has 0 spiro atoms. The first kappa shape index (κ1) is 18.2. The summed E-state index contributed by atoms with van der Waals surface area (Å²) in [5, 5.41) is 14.7. The van der Waals surface area contributed by atoms with Crippen LogP contribution in [0.1, 0.15) is 12.8 Å².